The Morgan fingerprint density at radius 1 is 1.45 bits per heavy atom. The second-order valence-electron chi connectivity index (χ2n) is 4.62. The van der Waals surface area contributed by atoms with Crippen molar-refractivity contribution in [2.45, 2.75) is 30.9 Å². The minimum Gasteiger partial charge on any atom is -0.433 e. The molecule has 0 saturated heterocycles. The Labute approximate surface area is 120 Å². The zero-order chi connectivity index (χ0) is 15.6. The van der Waals surface area contributed by atoms with Gasteiger partial charge in [0.25, 0.3) is 0 Å². The van der Waals surface area contributed by atoms with Gasteiger partial charge in [0.05, 0.1) is 22.1 Å². The first-order chi connectivity index (χ1) is 9.07. The number of nitrogens with one attached hydrogen (secondary N) is 1. The second-order valence-corrected chi connectivity index (χ2v) is 6.71. The van der Waals surface area contributed by atoms with Crippen LogP contribution in [0.4, 0.5) is 8.78 Å². The molecule has 2 N–H and O–H groups in total. The van der Waals surface area contributed by atoms with E-state index in [2.05, 4.69) is 9.46 Å². The molecule has 0 radical (unpaired) electrons. The van der Waals surface area contributed by atoms with Crippen LogP contribution >= 0.6 is 11.6 Å². The Bertz CT molecular complexity index is 578. The van der Waals surface area contributed by atoms with Gasteiger partial charge in [-0.15, -0.1) is 0 Å². The van der Waals surface area contributed by atoms with Crippen molar-refractivity contribution in [3.8, 4) is 5.75 Å². The van der Waals surface area contributed by atoms with Gasteiger partial charge >= 0.3 is 6.61 Å². The molecular formula is C11H14ClF2NO4S. The molecule has 0 aromatic heterocycles. The number of hydrogen-bond donors (Lipinski definition) is 2. The van der Waals surface area contributed by atoms with Crippen molar-refractivity contribution < 1.29 is 27.0 Å². The van der Waals surface area contributed by atoms with Crippen LogP contribution in [0.5, 0.6) is 5.75 Å². The van der Waals surface area contributed by atoms with Gasteiger partial charge in [-0.1, -0.05) is 11.6 Å². The molecule has 0 atom stereocenters. The molecule has 0 saturated carbocycles. The molecule has 0 aliphatic carbocycles. The zero-order valence-electron chi connectivity index (χ0n) is 10.7. The van der Waals surface area contributed by atoms with Crippen LogP contribution < -0.4 is 9.46 Å². The van der Waals surface area contributed by atoms with Gasteiger partial charge in [0.15, 0.2) is 0 Å². The van der Waals surface area contributed by atoms with Crippen molar-refractivity contribution in [2.24, 2.45) is 0 Å². The monoisotopic (exact) mass is 329 g/mol. The summed E-state index contributed by atoms with van der Waals surface area (Å²) in [4.78, 5) is -0.217. The fourth-order valence-electron chi connectivity index (χ4n) is 1.30. The second kappa shape index (κ2) is 6.21. The summed E-state index contributed by atoms with van der Waals surface area (Å²) in [5.74, 6) is -0.318. The van der Waals surface area contributed by atoms with E-state index in [1.54, 1.807) is 0 Å². The van der Waals surface area contributed by atoms with Gasteiger partial charge in [-0.2, -0.15) is 8.78 Å². The molecule has 0 spiro atoms. The third-order valence-electron chi connectivity index (χ3n) is 2.24. The molecule has 0 amide bonds. The molecule has 1 aromatic carbocycles. The number of hydrogen-bond acceptors (Lipinski definition) is 4. The van der Waals surface area contributed by atoms with E-state index in [1.165, 1.54) is 13.8 Å². The average molecular weight is 330 g/mol. The summed E-state index contributed by atoms with van der Waals surface area (Å²) >= 11 is 5.68. The maximum atomic E-state index is 12.1. The molecule has 0 fully saturated rings. The molecule has 9 heteroatoms. The van der Waals surface area contributed by atoms with Crippen molar-refractivity contribution in [2.75, 3.05) is 6.61 Å². The SMILES string of the molecule is CC(C)(CO)NS(=O)(=O)c1ccc(OC(F)F)c(Cl)c1. The number of sulfonamides is 1. The number of alkyl halides is 2. The lowest BCUT2D eigenvalue weighted by Gasteiger charge is -2.23. The van der Waals surface area contributed by atoms with Crippen molar-refractivity contribution in [1.82, 2.24) is 4.72 Å². The minimum absolute atomic E-state index is 0.217. The molecule has 114 valence electrons. The van der Waals surface area contributed by atoms with Crippen LogP contribution in [0.2, 0.25) is 5.02 Å². The summed E-state index contributed by atoms with van der Waals surface area (Å²) in [7, 11) is -3.94. The highest BCUT2D eigenvalue weighted by Crippen LogP contribution is 2.28. The van der Waals surface area contributed by atoms with Gasteiger partial charge < -0.3 is 9.84 Å². The molecule has 0 aliphatic heterocycles. The molecule has 20 heavy (non-hydrogen) atoms. The quantitative estimate of drug-likeness (QED) is 0.837. The first-order valence-electron chi connectivity index (χ1n) is 5.46. The van der Waals surface area contributed by atoms with Crippen LogP contribution in [0, 0.1) is 0 Å². The maximum absolute atomic E-state index is 12.1. The van der Waals surface area contributed by atoms with Crippen LogP contribution in [0.25, 0.3) is 0 Å². The van der Waals surface area contributed by atoms with Crippen molar-refractivity contribution in [3.05, 3.63) is 23.2 Å². The molecular weight excluding hydrogens is 316 g/mol. The summed E-state index contributed by atoms with van der Waals surface area (Å²) in [5, 5.41) is 8.79. The number of halogens is 3. The van der Waals surface area contributed by atoms with Crippen LogP contribution in [-0.2, 0) is 10.0 Å². The van der Waals surface area contributed by atoms with E-state index in [4.69, 9.17) is 16.7 Å². The third kappa shape index (κ3) is 4.55. The Morgan fingerprint density at radius 2 is 2.05 bits per heavy atom. The number of benzene rings is 1. The summed E-state index contributed by atoms with van der Waals surface area (Å²) in [6, 6.07) is 3.11. The van der Waals surface area contributed by atoms with Crippen molar-refractivity contribution in [3.63, 3.8) is 0 Å². The van der Waals surface area contributed by atoms with Gasteiger partial charge in [0.1, 0.15) is 5.75 Å². The summed E-state index contributed by atoms with van der Waals surface area (Å²) < 4.78 is 54.5. The van der Waals surface area contributed by atoms with E-state index >= 15 is 0 Å². The highest BCUT2D eigenvalue weighted by molar-refractivity contribution is 7.89. The van der Waals surface area contributed by atoms with Gasteiger partial charge in [-0.3, -0.25) is 0 Å². The first kappa shape index (κ1) is 17.1. The lowest BCUT2D eigenvalue weighted by Crippen LogP contribution is -2.46. The van der Waals surface area contributed by atoms with Crippen LogP contribution in [0.15, 0.2) is 23.1 Å². The molecule has 0 aliphatic rings. The normalized spacial score (nSPS) is 12.8. The Hall–Kier alpha value is -0.960. The predicted molar refractivity (Wildman–Crippen MR) is 69.6 cm³/mol. The van der Waals surface area contributed by atoms with Crippen LogP contribution in [-0.4, -0.2) is 32.3 Å². The minimum atomic E-state index is -3.94. The van der Waals surface area contributed by atoms with Crippen molar-refractivity contribution in [1.29, 1.82) is 0 Å². The van der Waals surface area contributed by atoms with E-state index in [-0.39, 0.29) is 15.7 Å². The average Bonchev–Trinajstić information content (AvgIpc) is 2.30. The Morgan fingerprint density at radius 3 is 2.50 bits per heavy atom. The topological polar surface area (TPSA) is 75.6 Å². The molecule has 1 rings (SSSR count). The molecule has 0 unspecified atom stereocenters. The van der Waals surface area contributed by atoms with E-state index < -0.39 is 28.8 Å². The highest BCUT2D eigenvalue weighted by Gasteiger charge is 2.26. The lowest BCUT2D eigenvalue weighted by molar-refractivity contribution is -0.0498. The van der Waals surface area contributed by atoms with Crippen LogP contribution in [0.1, 0.15) is 13.8 Å². The number of aliphatic hydroxyl groups excluding tert-OH is 1. The van der Waals surface area contributed by atoms with E-state index in [0.717, 1.165) is 18.2 Å². The lowest BCUT2D eigenvalue weighted by atomic mass is 10.1. The molecule has 1 aromatic rings. The number of aliphatic hydroxyl groups is 1. The summed E-state index contributed by atoms with van der Waals surface area (Å²) in [6.45, 7) is -0.491. The van der Waals surface area contributed by atoms with Crippen molar-refractivity contribution >= 4 is 21.6 Å². The smallest absolute Gasteiger partial charge is 0.387 e. The summed E-state index contributed by atoms with van der Waals surface area (Å²) in [5.41, 5.74) is -1.07. The van der Waals surface area contributed by atoms with E-state index in [0.29, 0.717) is 0 Å². The third-order valence-corrected chi connectivity index (χ3v) is 4.23. The Balaban J connectivity index is 3.06. The Kier molecular flexibility index (Phi) is 5.31. The molecule has 0 bridgehead atoms. The molecule has 5 nitrogen and oxygen atoms in total. The van der Waals surface area contributed by atoms with E-state index in [9.17, 15) is 17.2 Å². The van der Waals surface area contributed by atoms with Gasteiger partial charge in [0.2, 0.25) is 10.0 Å². The standard InChI is InChI=1S/C11H14ClF2NO4S/c1-11(2,6-16)15-20(17,18)7-3-4-9(8(12)5-7)19-10(13)14/h3-5,10,15-16H,6H2,1-2H3. The van der Waals surface area contributed by atoms with Gasteiger partial charge in [-0.25, -0.2) is 13.1 Å². The summed E-state index contributed by atoms with van der Waals surface area (Å²) in [6.07, 6.45) is 0. The first-order valence-corrected chi connectivity index (χ1v) is 7.33. The van der Waals surface area contributed by atoms with Gasteiger partial charge in [0, 0.05) is 0 Å². The van der Waals surface area contributed by atoms with E-state index in [1.807, 2.05) is 0 Å². The van der Waals surface area contributed by atoms with Gasteiger partial charge in [-0.05, 0) is 32.0 Å². The van der Waals surface area contributed by atoms with Crippen LogP contribution in [0.3, 0.4) is 0 Å². The predicted octanol–water partition coefficient (Wildman–Crippen LogP) is 1.99. The number of rotatable bonds is 6. The molecule has 0 heterocycles. The fourth-order valence-corrected chi connectivity index (χ4v) is 3.02. The number of ether oxygens (including phenoxy) is 1. The highest BCUT2D eigenvalue weighted by atomic mass is 35.5. The fraction of sp³-hybridized carbons (Fsp3) is 0.455. The maximum Gasteiger partial charge on any atom is 0.387 e. The zero-order valence-corrected chi connectivity index (χ0v) is 12.3. The largest absolute Gasteiger partial charge is 0.433 e.